The van der Waals surface area contributed by atoms with Gasteiger partial charge in [-0.2, -0.15) is 13.2 Å². The molecule has 0 N–H and O–H groups in total. The molecular formula is C8H10F3. The summed E-state index contributed by atoms with van der Waals surface area (Å²) in [7, 11) is 0. The maximum atomic E-state index is 12.2. The lowest BCUT2D eigenvalue weighted by atomic mass is 9.88. The Morgan fingerprint density at radius 2 is 1.91 bits per heavy atom. The van der Waals surface area contributed by atoms with Crippen LogP contribution in [0.3, 0.4) is 0 Å². The maximum Gasteiger partial charge on any atom is 0.395 e. The lowest BCUT2D eigenvalue weighted by Gasteiger charge is -2.22. The van der Waals surface area contributed by atoms with Crippen molar-refractivity contribution in [2.75, 3.05) is 0 Å². The zero-order valence-electron chi connectivity index (χ0n) is 6.12. The van der Waals surface area contributed by atoms with Crippen molar-refractivity contribution >= 4 is 0 Å². The lowest BCUT2D eigenvalue weighted by Crippen LogP contribution is -2.25. The van der Waals surface area contributed by atoms with Crippen molar-refractivity contribution in [3.63, 3.8) is 0 Å². The largest absolute Gasteiger partial charge is 0.395 e. The summed E-state index contributed by atoms with van der Waals surface area (Å²) in [4.78, 5) is 0. The standard InChI is InChI=1S/C8H10F3/c9-8(10,11)7-4-5-1-2-6(7)3-5/h5-6H,1-4H2. The topological polar surface area (TPSA) is 0 Å². The number of alkyl halides is 3. The van der Waals surface area contributed by atoms with E-state index in [0.29, 0.717) is 12.3 Å². The number of fused-ring (bicyclic) bond motifs is 2. The summed E-state index contributed by atoms with van der Waals surface area (Å²) in [5.74, 6) is 0.116. The van der Waals surface area contributed by atoms with Crippen molar-refractivity contribution in [3.8, 4) is 0 Å². The fourth-order valence-corrected chi connectivity index (χ4v) is 2.40. The summed E-state index contributed by atoms with van der Waals surface area (Å²) < 4.78 is 36.5. The normalized spacial score (nSPS) is 38.5. The van der Waals surface area contributed by atoms with E-state index in [1.807, 2.05) is 0 Å². The van der Waals surface area contributed by atoms with Crippen LogP contribution in [0, 0.1) is 17.8 Å². The van der Waals surface area contributed by atoms with Gasteiger partial charge in [-0.25, -0.2) is 0 Å². The minimum atomic E-state index is -4.00. The highest BCUT2D eigenvalue weighted by atomic mass is 19.4. The summed E-state index contributed by atoms with van der Waals surface area (Å²) in [6.45, 7) is 0. The molecule has 0 aromatic carbocycles. The zero-order chi connectivity index (χ0) is 8.06. The minimum absolute atomic E-state index is 0.111. The average Bonchev–Trinajstić information content (AvgIpc) is 2.42. The first kappa shape index (κ1) is 7.44. The predicted octanol–water partition coefficient (Wildman–Crippen LogP) is 2.94. The fraction of sp³-hybridized carbons (Fsp3) is 0.875. The van der Waals surface area contributed by atoms with E-state index in [9.17, 15) is 13.2 Å². The third-order valence-electron chi connectivity index (χ3n) is 2.91. The van der Waals surface area contributed by atoms with E-state index in [1.54, 1.807) is 0 Å². The Morgan fingerprint density at radius 3 is 2.18 bits per heavy atom. The Morgan fingerprint density at radius 1 is 1.18 bits per heavy atom. The first-order chi connectivity index (χ1) is 5.07. The van der Waals surface area contributed by atoms with Crippen LogP contribution >= 0.6 is 0 Å². The molecule has 0 aromatic rings. The number of halogens is 3. The first-order valence-corrected chi connectivity index (χ1v) is 4.00. The van der Waals surface area contributed by atoms with Gasteiger partial charge >= 0.3 is 6.18 Å². The van der Waals surface area contributed by atoms with Gasteiger partial charge in [-0.05, 0) is 31.1 Å². The fourth-order valence-electron chi connectivity index (χ4n) is 2.40. The van der Waals surface area contributed by atoms with Crippen LogP contribution in [0.1, 0.15) is 25.7 Å². The third-order valence-corrected chi connectivity index (χ3v) is 2.91. The molecule has 2 saturated carbocycles. The molecule has 0 nitrogen and oxygen atoms in total. The van der Waals surface area contributed by atoms with E-state index in [1.165, 1.54) is 0 Å². The van der Waals surface area contributed by atoms with E-state index in [0.717, 1.165) is 19.3 Å². The second-order valence-electron chi connectivity index (χ2n) is 3.60. The van der Waals surface area contributed by atoms with Crippen LogP contribution < -0.4 is 0 Å². The highest BCUT2D eigenvalue weighted by Crippen LogP contribution is 2.55. The van der Waals surface area contributed by atoms with Gasteiger partial charge in [0.1, 0.15) is 0 Å². The van der Waals surface area contributed by atoms with Gasteiger partial charge in [-0.1, -0.05) is 6.42 Å². The van der Waals surface area contributed by atoms with Crippen LogP contribution in [0.4, 0.5) is 13.2 Å². The molecule has 11 heavy (non-hydrogen) atoms. The molecule has 2 aliphatic rings. The van der Waals surface area contributed by atoms with Crippen LogP contribution in [0.5, 0.6) is 0 Å². The average molecular weight is 163 g/mol. The molecule has 2 rings (SSSR count). The minimum Gasteiger partial charge on any atom is -0.170 e. The van der Waals surface area contributed by atoms with Gasteiger partial charge in [0.25, 0.3) is 0 Å². The van der Waals surface area contributed by atoms with Gasteiger partial charge < -0.3 is 0 Å². The molecule has 63 valence electrons. The van der Waals surface area contributed by atoms with Gasteiger partial charge in [-0.3, -0.25) is 0 Å². The monoisotopic (exact) mass is 163 g/mol. The predicted molar refractivity (Wildman–Crippen MR) is 34.7 cm³/mol. The molecule has 0 aliphatic heterocycles. The van der Waals surface area contributed by atoms with E-state index in [4.69, 9.17) is 0 Å². The maximum absolute atomic E-state index is 12.2. The van der Waals surface area contributed by atoms with Gasteiger partial charge in [0.15, 0.2) is 0 Å². The summed E-state index contributed by atoms with van der Waals surface area (Å²) in [5.41, 5.74) is 0. The van der Waals surface area contributed by atoms with Gasteiger partial charge in [0.2, 0.25) is 0 Å². The van der Waals surface area contributed by atoms with Crippen molar-refractivity contribution in [3.05, 3.63) is 5.92 Å². The number of hydrogen-bond donors (Lipinski definition) is 0. The van der Waals surface area contributed by atoms with E-state index in [-0.39, 0.29) is 11.8 Å². The highest BCUT2D eigenvalue weighted by Gasteiger charge is 2.53. The van der Waals surface area contributed by atoms with Gasteiger partial charge in [0.05, 0.1) is 5.92 Å². The summed E-state index contributed by atoms with van der Waals surface area (Å²) in [6.07, 6.45) is -1.08. The van der Waals surface area contributed by atoms with Crippen LogP contribution in [0.15, 0.2) is 0 Å². The number of rotatable bonds is 0. The molecule has 0 aromatic heterocycles. The van der Waals surface area contributed by atoms with E-state index in [2.05, 4.69) is 0 Å². The Kier molecular flexibility index (Phi) is 1.45. The summed E-state index contributed by atoms with van der Waals surface area (Å²) in [5, 5.41) is 0. The number of hydrogen-bond acceptors (Lipinski definition) is 0. The molecular weight excluding hydrogens is 153 g/mol. The second-order valence-corrected chi connectivity index (χ2v) is 3.60. The van der Waals surface area contributed by atoms with Crippen LogP contribution in [0.2, 0.25) is 0 Å². The van der Waals surface area contributed by atoms with Crippen molar-refractivity contribution in [1.82, 2.24) is 0 Å². The summed E-state index contributed by atoms with van der Waals surface area (Å²) >= 11 is 0. The molecule has 0 heterocycles. The van der Waals surface area contributed by atoms with Crippen molar-refractivity contribution in [2.45, 2.75) is 31.9 Å². The van der Waals surface area contributed by atoms with Gasteiger partial charge in [0, 0.05) is 0 Å². The molecule has 1 radical (unpaired) electrons. The lowest BCUT2D eigenvalue weighted by molar-refractivity contribution is -0.124. The van der Waals surface area contributed by atoms with Crippen molar-refractivity contribution in [2.24, 2.45) is 11.8 Å². The second kappa shape index (κ2) is 2.14. The molecule has 0 amide bonds. The van der Waals surface area contributed by atoms with Gasteiger partial charge in [-0.15, -0.1) is 0 Å². The Labute approximate surface area is 63.8 Å². The van der Waals surface area contributed by atoms with Crippen molar-refractivity contribution < 1.29 is 13.2 Å². The first-order valence-electron chi connectivity index (χ1n) is 4.00. The molecule has 2 fully saturated rings. The van der Waals surface area contributed by atoms with Crippen LogP contribution in [-0.2, 0) is 0 Å². The van der Waals surface area contributed by atoms with Crippen molar-refractivity contribution in [1.29, 1.82) is 0 Å². The molecule has 3 heteroatoms. The zero-order valence-corrected chi connectivity index (χ0v) is 6.12. The Balaban J connectivity index is 2.08. The van der Waals surface area contributed by atoms with Crippen LogP contribution in [-0.4, -0.2) is 6.18 Å². The van der Waals surface area contributed by atoms with Crippen LogP contribution in [0.25, 0.3) is 0 Å². The highest BCUT2D eigenvalue weighted by molar-refractivity contribution is 5.13. The summed E-state index contributed by atoms with van der Waals surface area (Å²) in [6, 6.07) is 0. The molecule has 2 aliphatic carbocycles. The molecule has 2 atom stereocenters. The molecule has 0 spiro atoms. The third kappa shape index (κ3) is 1.14. The quantitative estimate of drug-likeness (QED) is 0.515. The molecule has 2 unspecified atom stereocenters. The Bertz CT molecular complexity index is 161. The smallest absolute Gasteiger partial charge is 0.170 e. The molecule has 2 bridgehead atoms. The Hall–Kier alpha value is -0.210. The molecule has 0 saturated heterocycles. The van der Waals surface area contributed by atoms with E-state index < -0.39 is 6.18 Å². The SMILES string of the molecule is FC(F)(F)[C]1CC2CCC1C2. The van der Waals surface area contributed by atoms with E-state index >= 15 is 0 Å².